The summed E-state index contributed by atoms with van der Waals surface area (Å²) in [5, 5.41) is 21.3. The van der Waals surface area contributed by atoms with Crippen molar-refractivity contribution >= 4 is 27.2 Å². The minimum Gasteiger partial charge on any atom is -0.480 e. The van der Waals surface area contributed by atoms with Crippen LogP contribution in [0.1, 0.15) is 44.2 Å². The van der Waals surface area contributed by atoms with Crippen molar-refractivity contribution in [1.29, 1.82) is 0 Å². The maximum atomic E-state index is 13.6. The number of fused-ring (bicyclic) bond motifs is 1. The number of nitrogens with zero attached hydrogens (tertiary/aromatic N) is 1. The van der Waals surface area contributed by atoms with E-state index in [1.165, 1.54) is 0 Å². The predicted molar refractivity (Wildman–Crippen MR) is 130 cm³/mol. The van der Waals surface area contributed by atoms with Gasteiger partial charge in [0.25, 0.3) is 0 Å². The summed E-state index contributed by atoms with van der Waals surface area (Å²) in [5.74, 6) is -1.10. The van der Waals surface area contributed by atoms with E-state index in [1.807, 2.05) is 43.3 Å². The Hall–Kier alpha value is -2.42. The van der Waals surface area contributed by atoms with Gasteiger partial charge in [-0.1, -0.05) is 44.9 Å². The number of aliphatic hydroxyl groups is 1. The summed E-state index contributed by atoms with van der Waals surface area (Å²) in [6, 6.07) is 12.3. The zero-order valence-electron chi connectivity index (χ0n) is 19.5. The molecule has 0 amide bonds. The Morgan fingerprint density at radius 2 is 1.94 bits per heavy atom. The number of aryl methyl sites for hydroxylation is 1. The topological polar surface area (TPSA) is 107 Å². The van der Waals surface area contributed by atoms with Gasteiger partial charge in [-0.15, -0.1) is 0 Å². The number of hydrogen-bond donors (Lipinski definition) is 3. The first-order valence-electron chi connectivity index (χ1n) is 11.4. The molecule has 0 saturated carbocycles. The molecule has 2 aromatic rings. The van der Waals surface area contributed by atoms with Gasteiger partial charge in [0.15, 0.2) is 9.84 Å². The van der Waals surface area contributed by atoms with Crippen molar-refractivity contribution in [3.63, 3.8) is 0 Å². The first-order valence-corrected chi connectivity index (χ1v) is 13.0. The van der Waals surface area contributed by atoms with Gasteiger partial charge >= 0.3 is 5.97 Å². The molecule has 2 atom stereocenters. The highest BCUT2D eigenvalue weighted by Gasteiger charge is 2.39. The predicted octanol–water partition coefficient (Wildman–Crippen LogP) is 3.65. The second-order valence-corrected chi connectivity index (χ2v) is 11.3. The Labute approximate surface area is 196 Å². The molecule has 1 aliphatic heterocycles. The molecule has 1 heterocycles. The zero-order chi connectivity index (χ0) is 24.2. The fourth-order valence-electron chi connectivity index (χ4n) is 4.47. The van der Waals surface area contributed by atoms with Gasteiger partial charge in [-0.05, 0) is 54.2 Å². The van der Waals surface area contributed by atoms with Gasteiger partial charge in [-0.3, -0.25) is 10.1 Å². The monoisotopic (exact) mass is 474 g/mol. The van der Waals surface area contributed by atoms with Crippen LogP contribution >= 0.6 is 0 Å². The van der Waals surface area contributed by atoms with Gasteiger partial charge in [0.05, 0.1) is 22.9 Å². The number of rotatable bonds is 9. The molecule has 7 nitrogen and oxygen atoms in total. The second kappa shape index (κ2) is 10.2. The quantitative estimate of drug-likeness (QED) is 0.509. The molecule has 33 heavy (non-hydrogen) atoms. The second-order valence-electron chi connectivity index (χ2n) is 9.30. The number of unbranched alkanes of at least 4 members (excludes halogenated alkanes) is 1. The third-order valence-corrected chi connectivity index (χ3v) is 8.42. The van der Waals surface area contributed by atoms with E-state index in [9.17, 15) is 23.4 Å². The minimum absolute atomic E-state index is 0.0562. The van der Waals surface area contributed by atoms with Gasteiger partial charge in [-0.2, -0.15) is 0 Å². The molecule has 0 aliphatic carbocycles. The summed E-state index contributed by atoms with van der Waals surface area (Å²) in [4.78, 5) is 13.6. The van der Waals surface area contributed by atoms with Crippen LogP contribution in [0.25, 0.3) is 0 Å². The number of para-hydroxylation sites is 1. The Bertz CT molecular complexity index is 1090. The molecule has 180 valence electrons. The lowest BCUT2D eigenvalue weighted by atomic mass is 9.86. The van der Waals surface area contributed by atoms with E-state index in [0.29, 0.717) is 17.8 Å². The van der Waals surface area contributed by atoms with Crippen molar-refractivity contribution in [2.45, 2.75) is 57.5 Å². The molecular weight excluding hydrogens is 440 g/mol. The molecule has 0 saturated heterocycles. The number of sulfone groups is 1. The van der Waals surface area contributed by atoms with Crippen molar-refractivity contribution in [2.75, 3.05) is 23.8 Å². The van der Waals surface area contributed by atoms with Crippen molar-refractivity contribution in [3.05, 3.63) is 53.6 Å². The molecule has 2 aromatic carbocycles. The van der Waals surface area contributed by atoms with Crippen LogP contribution in [0.2, 0.25) is 0 Å². The number of aliphatic hydroxyl groups excluding tert-OH is 1. The minimum atomic E-state index is -3.59. The molecule has 8 heteroatoms. The van der Waals surface area contributed by atoms with Gasteiger partial charge in [0.2, 0.25) is 0 Å². The molecule has 0 fully saturated rings. The Balaban J connectivity index is 2.10. The highest BCUT2D eigenvalue weighted by atomic mass is 32.2. The van der Waals surface area contributed by atoms with E-state index in [1.54, 1.807) is 6.07 Å². The van der Waals surface area contributed by atoms with Crippen molar-refractivity contribution in [2.24, 2.45) is 5.41 Å². The first kappa shape index (κ1) is 25.2. The lowest BCUT2D eigenvalue weighted by Crippen LogP contribution is -2.39. The molecule has 0 bridgehead atoms. The van der Waals surface area contributed by atoms with Crippen LogP contribution < -0.4 is 10.2 Å². The zero-order valence-corrected chi connectivity index (χ0v) is 20.4. The number of aliphatic carboxylic acids is 1. The SMILES string of the molecule is CCCCC1(C)CN(c2ccccc2)c2cc(C)c(CN[C@@H](CO)C(=O)O)cc2S(=O)(=O)C1. The summed E-state index contributed by atoms with van der Waals surface area (Å²) >= 11 is 0. The van der Waals surface area contributed by atoms with Crippen molar-refractivity contribution < 1.29 is 23.4 Å². The number of benzene rings is 2. The van der Waals surface area contributed by atoms with E-state index >= 15 is 0 Å². The molecule has 0 radical (unpaired) electrons. The van der Waals surface area contributed by atoms with E-state index in [2.05, 4.69) is 24.1 Å². The average molecular weight is 475 g/mol. The van der Waals surface area contributed by atoms with Crippen LogP contribution in [-0.2, 0) is 21.2 Å². The number of nitrogens with one attached hydrogen (secondary N) is 1. The molecular formula is C25H34N2O5S. The van der Waals surface area contributed by atoms with Crippen molar-refractivity contribution in [3.8, 4) is 0 Å². The first-order chi connectivity index (χ1) is 15.6. The summed E-state index contributed by atoms with van der Waals surface area (Å²) in [6.07, 6.45) is 2.76. The molecule has 3 N–H and O–H groups in total. The van der Waals surface area contributed by atoms with E-state index in [-0.39, 0.29) is 17.2 Å². The smallest absolute Gasteiger partial charge is 0.323 e. The standard InChI is InChI=1S/C25H34N2O5S/c1-4-5-11-25(3)16-27(20-9-7-6-8-10-20)22-12-18(2)19(13-23(22)33(31,32)17-25)14-26-21(15-28)24(29)30/h6-10,12-13,21,26,28H,4-5,11,14-17H2,1-3H3,(H,29,30)/t21-,25?/m0/s1. The largest absolute Gasteiger partial charge is 0.480 e. The third kappa shape index (κ3) is 5.75. The third-order valence-electron chi connectivity index (χ3n) is 6.34. The summed E-state index contributed by atoms with van der Waals surface area (Å²) < 4.78 is 27.3. The highest BCUT2D eigenvalue weighted by molar-refractivity contribution is 7.91. The number of hydrogen-bond acceptors (Lipinski definition) is 6. The lowest BCUT2D eigenvalue weighted by Gasteiger charge is -2.34. The fourth-order valence-corrected chi connectivity index (χ4v) is 6.59. The van der Waals surface area contributed by atoms with Crippen LogP contribution in [0.3, 0.4) is 0 Å². The van der Waals surface area contributed by atoms with E-state index < -0.39 is 33.9 Å². The summed E-state index contributed by atoms with van der Waals surface area (Å²) in [7, 11) is -3.59. The fraction of sp³-hybridized carbons (Fsp3) is 0.480. The average Bonchev–Trinajstić information content (AvgIpc) is 2.85. The molecule has 0 spiro atoms. The molecule has 1 unspecified atom stereocenters. The van der Waals surface area contributed by atoms with Gasteiger partial charge in [-0.25, -0.2) is 8.42 Å². The Kier molecular flexibility index (Phi) is 7.82. The number of anilines is 2. The van der Waals surface area contributed by atoms with Gasteiger partial charge in [0, 0.05) is 18.8 Å². The number of carboxylic acids is 1. The van der Waals surface area contributed by atoms with Gasteiger partial charge in [0.1, 0.15) is 6.04 Å². The van der Waals surface area contributed by atoms with Crippen LogP contribution in [0.15, 0.2) is 47.4 Å². The molecule has 1 aliphatic rings. The summed E-state index contributed by atoms with van der Waals surface area (Å²) in [5.41, 5.74) is 2.73. The van der Waals surface area contributed by atoms with Crippen molar-refractivity contribution in [1.82, 2.24) is 5.32 Å². The number of carboxylic acid groups (broad SMARTS) is 1. The molecule has 3 rings (SSSR count). The van der Waals surface area contributed by atoms with Crippen LogP contribution in [0.5, 0.6) is 0 Å². The normalized spacial score (nSPS) is 20.7. The van der Waals surface area contributed by atoms with Crippen LogP contribution in [-0.4, -0.2) is 49.5 Å². The lowest BCUT2D eigenvalue weighted by molar-refractivity contribution is -0.140. The van der Waals surface area contributed by atoms with E-state index in [0.717, 1.165) is 30.5 Å². The Morgan fingerprint density at radius 3 is 2.55 bits per heavy atom. The van der Waals surface area contributed by atoms with Gasteiger partial charge < -0.3 is 15.1 Å². The van der Waals surface area contributed by atoms with E-state index in [4.69, 9.17) is 0 Å². The summed E-state index contributed by atoms with van der Waals surface area (Å²) in [6.45, 7) is 6.24. The maximum Gasteiger partial charge on any atom is 0.323 e. The highest BCUT2D eigenvalue weighted by Crippen LogP contribution is 2.43. The maximum absolute atomic E-state index is 13.6. The van der Waals surface area contributed by atoms with Crippen LogP contribution in [0, 0.1) is 12.3 Å². The Morgan fingerprint density at radius 1 is 1.24 bits per heavy atom. The van der Waals surface area contributed by atoms with Crippen LogP contribution in [0.4, 0.5) is 11.4 Å². The number of carbonyl (C=O) groups is 1. The molecule has 0 aromatic heterocycles.